The van der Waals surface area contributed by atoms with Crippen molar-refractivity contribution in [2.45, 2.75) is 6.92 Å². The molecule has 11 heavy (non-hydrogen) atoms. The number of carbonyl (C=O) groups excluding carboxylic acids is 1. The molecule has 0 saturated carbocycles. The standard InChI is InChI=1S/C5H8N4O.ClH/c1-4-2-9(6)5(3-10)8-7-4;/h2-3,7H,6H2,1H3;1H. The number of nitrogens with two attached hydrogens (primary N) is 1. The van der Waals surface area contributed by atoms with Crippen molar-refractivity contribution in [3.8, 4) is 0 Å². The molecule has 62 valence electrons. The maximum Gasteiger partial charge on any atom is 0.207 e. The Morgan fingerprint density at radius 1 is 1.82 bits per heavy atom. The first-order chi connectivity index (χ1) is 4.74. The lowest BCUT2D eigenvalue weighted by molar-refractivity contribution is -0.103. The second kappa shape index (κ2) is 3.95. The third kappa shape index (κ3) is 2.21. The van der Waals surface area contributed by atoms with Crippen molar-refractivity contribution < 1.29 is 4.79 Å². The molecule has 1 heterocycles. The van der Waals surface area contributed by atoms with Gasteiger partial charge < -0.3 is 0 Å². The second-order valence-corrected chi connectivity index (χ2v) is 1.92. The average molecular weight is 177 g/mol. The highest BCUT2D eigenvalue weighted by atomic mass is 35.5. The first-order valence-electron chi connectivity index (χ1n) is 2.75. The van der Waals surface area contributed by atoms with Crippen LogP contribution in [0, 0.1) is 0 Å². The van der Waals surface area contributed by atoms with E-state index in [4.69, 9.17) is 5.84 Å². The molecule has 0 aromatic carbocycles. The first-order valence-corrected chi connectivity index (χ1v) is 2.75. The van der Waals surface area contributed by atoms with Gasteiger partial charge in [-0.15, -0.1) is 12.4 Å². The minimum atomic E-state index is 0. The van der Waals surface area contributed by atoms with E-state index in [1.807, 2.05) is 0 Å². The number of rotatable bonds is 1. The number of nitrogens with one attached hydrogen (secondary N) is 1. The highest BCUT2D eigenvalue weighted by molar-refractivity contribution is 6.27. The maximum absolute atomic E-state index is 10.2. The highest BCUT2D eigenvalue weighted by Gasteiger charge is 2.07. The van der Waals surface area contributed by atoms with Gasteiger partial charge in [-0.1, -0.05) is 0 Å². The van der Waals surface area contributed by atoms with Crippen LogP contribution in [0.25, 0.3) is 0 Å². The SMILES string of the molecule is CC1=CN(N)C(C=O)=NN1.Cl. The molecule has 0 fully saturated rings. The fraction of sp³-hybridized carbons (Fsp3) is 0.200. The van der Waals surface area contributed by atoms with Gasteiger partial charge in [0.15, 0.2) is 6.29 Å². The highest BCUT2D eigenvalue weighted by Crippen LogP contribution is 1.95. The predicted molar refractivity (Wildman–Crippen MR) is 43.7 cm³/mol. The number of nitrogens with zero attached hydrogens (tertiary/aromatic N) is 2. The summed E-state index contributed by atoms with van der Waals surface area (Å²) in [6.07, 6.45) is 2.16. The number of hydrogen-bond donors (Lipinski definition) is 2. The zero-order chi connectivity index (χ0) is 7.56. The molecule has 5 nitrogen and oxygen atoms in total. The van der Waals surface area contributed by atoms with Crippen LogP contribution in [-0.4, -0.2) is 17.1 Å². The zero-order valence-electron chi connectivity index (χ0n) is 5.94. The molecule has 1 aliphatic rings. The minimum Gasteiger partial charge on any atom is -0.294 e. The van der Waals surface area contributed by atoms with Crippen molar-refractivity contribution in [3.63, 3.8) is 0 Å². The van der Waals surface area contributed by atoms with Crippen molar-refractivity contribution in [1.82, 2.24) is 10.4 Å². The molecule has 0 aliphatic carbocycles. The molecule has 3 N–H and O–H groups in total. The molecular formula is C5H9ClN4O. The van der Waals surface area contributed by atoms with E-state index in [0.29, 0.717) is 6.29 Å². The van der Waals surface area contributed by atoms with Gasteiger partial charge in [0.05, 0.1) is 0 Å². The quantitative estimate of drug-likeness (QED) is 0.420. The van der Waals surface area contributed by atoms with Gasteiger partial charge in [0.1, 0.15) is 0 Å². The maximum atomic E-state index is 10.2. The molecule has 6 heteroatoms. The Hall–Kier alpha value is -1.07. The largest absolute Gasteiger partial charge is 0.294 e. The Morgan fingerprint density at radius 3 is 2.91 bits per heavy atom. The van der Waals surface area contributed by atoms with Gasteiger partial charge in [-0.2, -0.15) is 5.10 Å². The molecule has 0 amide bonds. The van der Waals surface area contributed by atoms with E-state index in [9.17, 15) is 4.79 Å². The predicted octanol–water partition coefficient (Wildman–Crippen LogP) is -0.439. The molecule has 0 bridgehead atoms. The van der Waals surface area contributed by atoms with E-state index in [-0.39, 0.29) is 18.2 Å². The summed E-state index contributed by atoms with van der Waals surface area (Å²) in [7, 11) is 0. The molecule has 0 radical (unpaired) electrons. The summed E-state index contributed by atoms with van der Waals surface area (Å²) in [5.41, 5.74) is 3.41. The molecule has 0 saturated heterocycles. The molecule has 1 rings (SSSR count). The van der Waals surface area contributed by atoms with E-state index < -0.39 is 0 Å². The minimum absolute atomic E-state index is 0. The van der Waals surface area contributed by atoms with Crippen LogP contribution in [0.5, 0.6) is 0 Å². The summed E-state index contributed by atoms with van der Waals surface area (Å²) in [5.74, 6) is 5.51. The summed E-state index contributed by atoms with van der Waals surface area (Å²) >= 11 is 0. The van der Waals surface area contributed by atoms with Crippen molar-refractivity contribution in [3.05, 3.63) is 11.9 Å². The molecule has 0 aromatic rings. The van der Waals surface area contributed by atoms with E-state index in [1.165, 1.54) is 5.01 Å². The van der Waals surface area contributed by atoms with E-state index in [0.717, 1.165) is 5.70 Å². The Kier molecular flexibility index (Phi) is 3.56. The molecule has 0 atom stereocenters. The number of hydrogen-bond acceptors (Lipinski definition) is 5. The van der Waals surface area contributed by atoms with Crippen LogP contribution >= 0.6 is 12.4 Å². The molecule has 0 aromatic heterocycles. The van der Waals surface area contributed by atoms with Crippen LogP contribution in [0.4, 0.5) is 0 Å². The number of hydrazine groups is 1. The van der Waals surface area contributed by atoms with Gasteiger partial charge in [-0.25, -0.2) is 5.84 Å². The van der Waals surface area contributed by atoms with Gasteiger partial charge in [0.2, 0.25) is 5.84 Å². The Morgan fingerprint density at radius 2 is 2.45 bits per heavy atom. The Balaban J connectivity index is 0.000001000. The van der Waals surface area contributed by atoms with Crippen molar-refractivity contribution in [2.75, 3.05) is 0 Å². The molecule has 1 aliphatic heterocycles. The van der Waals surface area contributed by atoms with Gasteiger partial charge in [-0.3, -0.25) is 15.2 Å². The fourth-order valence-electron chi connectivity index (χ4n) is 0.594. The lowest BCUT2D eigenvalue weighted by Crippen LogP contribution is -2.38. The number of carbonyl (C=O) groups is 1. The number of allylic oxidation sites excluding steroid dienone is 1. The Labute approximate surface area is 70.3 Å². The Bertz CT molecular complexity index is 213. The topological polar surface area (TPSA) is 70.7 Å². The van der Waals surface area contributed by atoms with Gasteiger partial charge in [0.25, 0.3) is 0 Å². The van der Waals surface area contributed by atoms with Gasteiger partial charge in [0, 0.05) is 11.9 Å². The second-order valence-electron chi connectivity index (χ2n) is 1.92. The smallest absolute Gasteiger partial charge is 0.207 e. The van der Waals surface area contributed by atoms with Crippen molar-refractivity contribution in [1.29, 1.82) is 0 Å². The van der Waals surface area contributed by atoms with E-state index in [2.05, 4.69) is 10.5 Å². The average Bonchev–Trinajstić information content (AvgIpc) is 1.88. The van der Waals surface area contributed by atoms with Crippen molar-refractivity contribution in [2.24, 2.45) is 10.9 Å². The molecular weight excluding hydrogens is 168 g/mol. The summed E-state index contributed by atoms with van der Waals surface area (Å²) in [6.45, 7) is 1.80. The van der Waals surface area contributed by atoms with E-state index in [1.54, 1.807) is 13.1 Å². The third-order valence-electron chi connectivity index (χ3n) is 1.05. The molecule has 0 spiro atoms. The van der Waals surface area contributed by atoms with Crippen LogP contribution < -0.4 is 11.3 Å². The lowest BCUT2D eigenvalue weighted by atomic mass is 10.5. The number of hydrazone groups is 1. The third-order valence-corrected chi connectivity index (χ3v) is 1.05. The first kappa shape index (κ1) is 9.93. The normalized spacial score (nSPS) is 15.6. The van der Waals surface area contributed by atoms with Crippen LogP contribution in [0.15, 0.2) is 17.0 Å². The van der Waals surface area contributed by atoms with E-state index >= 15 is 0 Å². The summed E-state index contributed by atoms with van der Waals surface area (Å²) in [5, 5.41) is 4.81. The lowest BCUT2D eigenvalue weighted by Gasteiger charge is -2.17. The van der Waals surface area contributed by atoms with Crippen LogP contribution in [-0.2, 0) is 4.79 Å². The monoisotopic (exact) mass is 176 g/mol. The van der Waals surface area contributed by atoms with Crippen LogP contribution in [0.1, 0.15) is 6.92 Å². The number of aldehydes is 1. The fourth-order valence-corrected chi connectivity index (χ4v) is 0.594. The van der Waals surface area contributed by atoms with Crippen molar-refractivity contribution >= 4 is 24.5 Å². The van der Waals surface area contributed by atoms with Crippen LogP contribution in [0.3, 0.4) is 0 Å². The molecule has 0 unspecified atom stereocenters. The summed E-state index contributed by atoms with van der Waals surface area (Å²) in [4.78, 5) is 10.2. The van der Waals surface area contributed by atoms with Crippen LogP contribution in [0.2, 0.25) is 0 Å². The number of amidine groups is 1. The van der Waals surface area contributed by atoms with Gasteiger partial charge >= 0.3 is 0 Å². The summed E-state index contributed by atoms with van der Waals surface area (Å²) < 4.78 is 0. The van der Waals surface area contributed by atoms with Gasteiger partial charge in [-0.05, 0) is 6.92 Å². The zero-order valence-corrected chi connectivity index (χ0v) is 6.76. The summed E-state index contributed by atoms with van der Waals surface area (Å²) in [6, 6.07) is 0. The number of halogens is 1.